The maximum Gasteiger partial charge on any atom is 0.366 e. The van der Waals surface area contributed by atoms with E-state index in [9.17, 15) is 23.1 Å². The standard InChI is InChI=1S/C24H20N2O6S/c1-15-21-14-18(10-13-20(21)22(27)32-26-15)25-23(28)24(29,16-6-4-3-5-7-16)17-8-11-19(12-9-17)33(2,30)31/h3-14,29H,1-2H3,(H,25,28). The zero-order valence-electron chi connectivity index (χ0n) is 17.8. The van der Waals surface area contributed by atoms with Crippen molar-refractivity contribution in [1.29, 1.82) is 0 Å². The number of anilines is 1. The van der Waals surface area contributed by atoms with Gasteiger partial charge in [-0.25, -0.2) is 13.2 Å². The maximum atomic E-state index is 13.4. The highest BCUT2D eigenvalue weighted by atomic mass is 32.2. The highest BCUT2D eigenvalue weighted by Gasteiger charge is 2.40. The summed E-state index contributed by atoms with van der Waals surface area (Å²) in [5, 5.41) is 18.9. The first-order chi connectivity index (χ1) is 15.6. The monoisotopic (exact) mass is 464 g/mol. The van der Waals surface area contributed by atoms with Gasteiger partial charge in [0, 0.05) is 17.3 Å². The van der Waals surface area contributed by atoms with E-state index in [0.29, 0.717) is 27.7 Å². The second-order valence-corrected chi connectivity index (χ2v) is 9.66. The Morgan fingerprint density at radius 3 is 2.24 bits per heavy atom. The lowest BCUT2D eigenvalue weighted by Crippen LogP contribution is -2.41. The van der Waals surface area contributed by atoms with Crippen LogP contribution in [0.4, 0.5) is 5.69 Å². The summed E-state index contributed by atoms with van der Waals surface area (Å²) in [5.74, 6) is -0.756. The molecule has 4 rings (SSSR count). The first kappa shape index (κ1) is 22.4. The van der Waals surface area contributed by atoms with Crippen LogP contribution in [0.25, 0.3) is 10.8 Å². The van der Waals surface area contributed by atoms with E-state index in [1.807, 2.05) is 0 Å². The third kappa shape index (κ3) is 4.15. The second-order valence-electron chi connectivity index (χ2n) is 7.64. The van der Waals surface area contributed by atoms with Crippen LogP contribution in [0.15, 0.2) is 87.0 Å². The van der Waals surface area contributed by atoms with Gasteiger partial charge in [-0.1, -0.05) is 47.6 Å². The molecule has 1 atom stereocenters. The van der Waals surface area contributed by atoms with Crippen LogP contribution in [0.3, 0.4) is 0 Å². The Morgan fingerprint density at radius 1 is 0.970 bits per heavy atom. The third-order valence-electron chi connectivity index (χ3n) is 5.37. The highest BCUT2D eigenvalue weighted by Crippen LogP contribution is 2.32. The first-order valence-electron chi connectivity index (χ1n) is 9.91. The molecule has 0 saturated heterocycles. The molecule has 1 amide bonds. The topological polar surface area (TPSA) is 127 Å². The van der Waals surface area contributed by atoms with Crippen molar-refractivity contribution >= 4 is 32.2 Å². The van der Waals surface area contributed by atoms with Crippen molar-refractivity contribution in [3.63, 3.8) is 0 Å². The van der Waals surface area contributed by atoms with Gasteiger partial charge >= 0.3 is 5.63 Å². The van der Waals surface area contributed by atoms with Crippen LogP contribution in [-0.2, 0) is 20.2 Å². The summed E-state index contributed by atoms with van der Waals surface area (Å²) < 4.78 is 28.4. The number of rotatable bonds is 5. The number of hydrogen-bond donors (Lipinski definition) is 2. The van der Waals surface area contributed by atoms with Gasteiger partial charge < -0.3 is 14.9 Å². The van der Waals surface area contributed by atoms with Crippen LogP contribution >= 0.6 is 0 Å². The Balaban J connectivity index is 1.78. The molecule has 9 heteroatoms. The van der Waals surface area contributed by atoms with E-state index in [2.05, 4.69) is 10.5 Å². The van der Waals surface area contributed by atoms with Crippen LogP contribution in [0.2, 0.25) is 0 Å². The molecule has 0 spiro atoms. The van der Waals surface area contributed by atoms with Gasteiger partial charge in [-0.15, -0.1) is 0 Å². The van der Waals surface area contributed by atoms with Gasteiger partial charge in [0.2, 0.25) is 0 Å². The fourth-order valence-electron chi connectivity index (χ4n) is 3.58. The van der Waals surface area contributed by atoms with Crippen molar-refractivity contribution in [1.82, 2.24) is 5.16 Å². The Labute approximate surface area is 189 Å². The number of sulfone groups is 1. The zero-order valence-corrected chi connectivity index (χ0v) is 18.6. The SMILES string of the molecule is Cc1noc(=O)c2ccc(NC(=O)C(O)(c3ccccc3)c3ccc(S(C)(=O)=O)cc3)cc12. The lowest BCUT2D eigenvalue weighted by molar-refractivity contribution is -0.131. The van der Waals surface area contributed by atoms with E-state index in [1.54, 1.807) is 43.3 Å². The molecule has 0 aliphatic heterocycles. The van der Waals surface area contributed by atoms with Gasteiger partial charge in [0.05, 0.1) is 16.0 Å². The molecule has 0 bridgehead atoms. The van der Waals surface area contributed by atoms with E-state index in [0.717, 1.165) is 6.26 Å². The number of carbonyl (C=O) groups excluding carboxylic acids is 1. The third-order valence-corrected chi connectivity index (χ3v) is 6.50. The van der Waals surface area contributed by atoms with Crippen molar-refractivity contribution < 1.29 is 22.8 Å². The van der Waals surface area contributed by atoms with Crippen molar-refractivity contribution in [2.45, 2.75) is 17.4 Å². The molecule has 0 aliphatic rings. The Morgan fingerprint density at radius 2 is 1.61 bits per heavy atom. The average Bonchev–Trinajstić information content (AvgIpc) is 2.81. The Bertz CT molecular complexity index is 1510. The minimum atomic E-state index is -3.45. The number of carbonyl (C=O) groups is 1. The van der Waals surface area contributed by atoms with Crippen molar-refractivity contribution in [2.75, 3.05) is 11.6 Å². The molecule has 8 nitrogen and oxygen atoms in total. The molecule has 0 saturated carbocycles. The molecule has 168 valence electrons. The summed E-state index contributed by atoms with van der Waals surface area (Å²) in [6, 6.07) is 18.4. The van der Waals surface area contributed by atoms with E-state index in [1.165, 1.54) is 36.4 Å². The van der Waals surface area contributed by atoms with Crippen molar-refractivity contribution in [3.05, 3.63) is 100 Å². The maximum absolute atomic E-state index is 13.4. The number of nitrogens with zero attached hydrogens (tertiary/aromatic N) is 1. The molecule has 2 N–H and O–H groups in total. The molecule has 0 radical (unpaired) electrons. The number of aliphatic hydroxyl groups is 1. The predicted molar refractivity (Wildman–Crippen MR) is 123 cm³/mol. The van der Waals surface area contributed by atoms with Crippen molar-refractivity contribution in [2.24, 2.45) is 0 Å². The number of aromatic nitrogens is 1. The van der Waals surface area contributed by atoms with Gasteiger partial charge in [0.25, 0.3) is 5.91 Å². The summed E-state index contributed by atoms with van der Waals surface area (Å²) in [4.78, 5) is 25.4. The lowest BCUT2D eigenvalue weighted by atomic mass is 9.85. The predicted octanol–water partition coefficient (Wildman–Crippen LogP) is 2.77. The fraction of sp³-hybridized carbons (Fsp3) is 0.125. The fourth-order valence-corrected chi connectivity index (χ4v) is 4.21. The van der Waals surface area contributed by atoms with Crippen LogP contribution in [0.5, 0.6) is 0 Å². The van der Waals surface area contributed by atoms with E-state index < -0.39 is 27.0 Å². The van der Waals surface area contributed by atoms with Gasteiger partial charge in [-0.2, -0.15) is 0 Å². The smallest absolute Gasteiger partial charge is 0.366 e. The molecule has 4 aromatic rings. The van der Waals surface area contributed by atoms with Crippen LogP contribution in [0, 0.1) is 6.92 Å². The molecule has 1 heterocycles. The minimum Gasteiger partial charge on any atom is -0.372 e. The normalized spacial score (nSPS) is 13.4. The van der Waals surface area contributed by atoms with E-state index >= 15 is 0 Å². The first-order valence-corrected chi connectivity index (χ1v) is 11.8. The Hall–Kier alpha value is -3.82. The van der Waals surface area contributed by atoms with Crippen LogP contribution in [-0.4, -0.2) is 30.8 Å². The van der Waals surface area contributed by atoms with E-state index in [4.69, 9.17) is 4.52 Å². The molecule has 1 unspecified atom stereocenters. The molecular formula is C24H20N2O6S. The molecule has 3 aromatic carbocycles. The van der Waals surface area contributed by atoms with Crippen LogP contribution < -0.4 is 10.9 Å². The number of hydrogen-bond acceptors (Lipinski definition) is 7. The number of amides is 1. The molecule has 33 heavy (non-hydrogen) atoms. The largest absolute Gasteiger partial charge is 0.372 e. The zero-order chi connectivity index (χ0) is 23.8. The molecule has 0 fully saturated rings. The highest BCUT2D eigenvalue weighted by molar-refractivity contribution is 7.90. The summed E-state index contributed by atoms with van der Waals surface area (Å²) in [6.07, 6.45) is 1.08. The number of aryl methyl sites for hydroxylation is 1. The minimum absolute atomic E-state index is 0.0680. The summed E-state index contributed by atoms with van der Waals surface area (Å²) in [7, 11) is -3.45. The molecular weight excluding hydrogens is 444 g/mol. The van der Waals surface area contributed by atoms with Crippen molar-refractivity contribution in [3.8, 4) is 0 Å². The number of benzene rings is 3. The average molecular weight is 464 g/mol. The molecule has 0 aliphatic carbocycles. The van der Waals surface area contributed by atoms with Gasteiger partial charge in [-0.05, 0) is 48.4 Å². The summed E-state index contributed by atoms with van der Waals surface area (Å²) in [5.41, 5.74) is -1.41. The van der Waals surface area contributed by atoms with Gasteiger partial charge in [-0.3, -0.25) is 4.79 Å². The Kier molecular flexibility index (Phi) is 5.61. The van der Waals surface area contributed by atoms with Gasteiger partial charge in [0.15, 0.2) is 15.4 Å². The second kappa shape index (κ2) is 8.27. The van der Waals surface area contributed by atoms with Gasteiger partial charge in [0.1, 0.15) is 0 Å². The molecule has 1 aromatic heterocycles. The number of nitrogens with one attached hydrogen (secondary N) is 1. The van der Waals surface area contributed by atoms with Crippen LogP contribution in [0.1, 0.15) is 16.8 Å². The number of fused-ring (bicyclic) bond motifs is 1. The lowest BCUT2D eigenvalue weighted by Gasteiger charge is -2.28. The van der Waals surface area contributed by atoms with E-state index in [-0.39, 0.29) is 10.5 Å². The quantitative estimate of drug-likeness (QED) is 0.465. The summed E-state index contributed by atoms with van der Waals surface area (Å²) in [6.45, 7) is 1.67. The summed E-state index contributed by atoms with van der Waals surface area (Å²) >= 11 is 0.